The third-order valence-electron chi connectivity index (χ3n) is 4.68. The van der Waals surface area contributed by atoms with Crippen LogP contribution in [0.5, 0.6) is 11.5 Å². The van der Waals surface area contributed by atoms with Crippen molar-refractivity contribution < 1.29 is 14.3 Å². The number of aryl methyl sites for hydroxylation is 1. The molecule has 1 amide bonds. The fourth-order valence-electron chi connectivity index (χ4n) is 3.29. The molecule has 0 saturated carbocycles. The zero-order valence-electron chi connectivity index (χ0n) is 14.5. The quantitative estimate of drug-likeness (QED) is 0.749. The van der Waals surface area contributed by atoms with Crippen LogP contribution in [-0.4, -0.2) is 35.2 Å². The van der Waals surface area contributed by atoms with Crippen molar-refractivity contribution in [3.63, 3.8) is 0 Å². The second-order valence-electron chi connectivity index (χ2n) is 6.36. The summed E-state index contributed by atoms with van der Waals surface area (Å²) in [6, 6.07) is 10.8. The minimum absolute atomic E-state index is 0.132. The van der Waals surface area contributed by atoms with Gasteiger partial charge >= 0.3 is 5.69 Å². The molecule has 0 bridgehead atoms. The first-order chi connectivity index (χ1) is 12.6. The number of methoxy groups -OCH3 is 1. The zero-order chi connectivity index (χ0) is 18.3. The fourth-order valence-corrected chi connectivity index (χ4v) is 3.29. The topological polar surface area (TPSA) is 85.3 Å². The number of benzene rings is 2. The van der Waals surface area contributed by atoms with Crippen molar-refractivity contribution in [2.24, 2.45) is 7.05 Å². The molecule has 1 atom stereocenters. The second-order valence-corrected chi connectivity index (χ2v) is 6.36. The Hall–Kier alpha value is -3.22. The van der Waals surface area contributed by atoms with Gasteiger partial charge in [0.15, 0.2) is 11.5 Å². The molecular weight excluding hydrogens is 334 g/mol. The van der Waals surface area contributed by atoms with Crippen molar-refractivity contribution in [1.29, 1.82) is 0 Å². The van der Waals surface area contributed by atoms with Gasteiger partial charge in [-0.2, -0.15) is 0 Å². The van der Waals surface area contributed by atoms with Crippen LogP contribution >= 0.6 is 0 Å². The molecule has 2 N–H and O–H groups in total. The van der Waals surface area contributed by atoms with Crippen LogP contribution in [0.2, 0.25) is 0 Å². The van der Waals surface area contributed by atoms with Gasteiger partial charge in [0.1, 0.15) is 6.61 Å². The largest absolute Gasteiger partial charge is 0.493 e. The lowest BCUT2D eigenvalue weighted by atomic mass is 10.0. The summed E-state index contributed by atoms with van der Waals surface area (Å²) in [7, 11) is 3.29. The standard InChI is InChI=1S/C19H19N3O4/c1-22-15-7-6-12(9-14(15)21-19(22)24)18(23)20-13-8-11-4-3-5-16(25-2)17(11)26-10-13/h3-7,9,13H,8,10H2,1-2H3,(H,20,23)(H,21,24). The van der Waals surface area contributed by atoms with E-state index in [9.17, 15) is 9.59 Å². The van der Waals surface area contributed by atoms with E-state index in [1.807, 2.05) is 18.2 Å². The smallest absolute Gasteiger partial charge is 0.326 e. The van der Waals surface area contributed by atoms with Crippen LogP contribution in [0, 0.1) is 0 Å². The summed E-state index contributed by atoms with van der Waals surface area (Å²) in [6.07, 6.45) is 0.669. The minimum Gasteiger partial charge on any atom is -0.493 e. The van der Waals surface area contributed by atoms with E-state index in [0.717, 1.165) is 16.8 Å². The lowest BCUT2D eigenvalue weighted by Crippen LogP contribution is -2.42. The number of amides is 1. The van der Waals surface area contributed by atoms with Crippen molar-refractivity contribution in [1.82, 2.24) is 14.9 Å². The van der Waals surface area contributed by atoms with E-state index < -0.39 is 0 Å². The van der Waals surface area contributed by atoms with Crippen LogP contribution in [0.4, 0.5) is 0 Å². The molecule has 4 rings (SSSR count). The van der Waals surface area contributed by atoms with Gasteiger partial charge in [0, 0.05) is 18.2 Å². The average molecular weight is 353 g/mol. The Morgan fingerprint density at radius 2 is 2.19 bits per heavy atom. The second kappa shape index (κ2) is 6.25. The molecular formula is C19H19N3O4. The predicted octanol–water partition coefficient (Wildman–Crippen LogP) is 1.61. The maximum Gasteiger partial charge on any atom is 0.326 e. The van der Waals surface area contributed by atoms with Crippen LogP contribution in [0.1, 0.15) is 15.9 Å². The lowest BCUT2D eigenvalue weighted by Gasteiger charge is -2.27. The Kier molecular flexibility index (Phi) is 3.91. The first-order valence-electron chi connectivity index (χ1n) is 8.35. The van der Waals surface area contributed by atoms with Crippen molar-refractivity contribution in [2.75, 3.05) is 13.7 Å². The number of nitrogens with zero attached hydrogens (tertiary/aromatic N) is 1. The zero-order valence-corrected chi connectivity index (χ0v) is 14.5. The molecule has 0 radical (unpaired) electrons. The summed E-state index contributed by atoms with van der Waals surface area (Å²) in [5.74, 6) is 1.24. The van der Waals surface area contributed by atoms with Gasteiger partial charge < -0.3 is 19.8 Å². The number of imidazole rings is 1. The van der Waals surface area contributed by atoms with Gasteiger partial charge in [0.05, 0.1) is 24.2 Å². The molecule has 1 aromatic heterocycles. The number of hydrogen-bond donors (Lipinski definition) is 2. The van der Waals surface area contributed by atoms with Crippen LogP contribution in [-0.2, 0) is 13.5 Å². The molecule has 0 spiro atoms. The number of carbonyl (C=O) groups is 1. The molecule has 0 saturated heterocycles. The number of ether oxygens (including phenoxy) is 2. The molecule has 2 aromatic carbocycles. The van der Waals surface area contributed by atoms with Crippen LogP contribution in [0.25, 0.3) is 11.0 Å². The number of para-hydroxylation sites is 1. The molecule has 7 heteroatoms. The molecule has 0 aliphatic carbocycles. The van der Waals surface area contributed by atoms with E-state index in [1.54, 1.807) is 32.4 Å². The number of aromatic amines is 1. The fraction of sp³-hybridized carbons (Fsp3) is 0.263. The Balaban J connectivity index is 1.52. The Morgan fingerprint density at radius 1 is 1.35 bits per heavy atom. The highest BCUT2D eigenvalue weighted by atomic mass is 16.5. The number of aromatic nitrogens is 2. The number of carbonyl (C=O) groups excluding carboxylic acids is 1. The summed E-state index contributed by atoms with van der Waals surface area (Å²) >= 11 is 0. The van der Waals surface area contributed by atoms with Crippen LogP contribution in [0.15, 0.2) is 41.2 Å². The number of hydrogen-bond acceptors (Lipinski definition) is 4. The number of H-pyrrole nitrogens is 1. The van der Waals surface area contributed by atoms with Crippen molar-refractivity contribution in [2.45, 2.75) is 12.5 Å². The van der Waals surface area contributed by atoms with Gasteiger partial charge in [0.2, 0.25) is 0 Å². The highest BCUT2D eigenvalue weighted by molar-refractivity contribution is 5.97. The molecule has 2 heterocycles. The van der Waals surface area contributed by atoms with Crippen molar-refractivity contribution in [3.8, 4) is 11.5 Å². The summed E-state index contributed by atoms with van der Waals surface area (Å²) < 4.78 is 12.6. The molecule has 3 aromatic rings. The molecule has 1 unspecified atom stereocenters. The maximum absolute atomic E-state index is 12.6. The molecule has 26 heavy (non-hydrogen) atoms. The molecule has 1 aliphatic heterocycles. The Morgan fingerprint density at radius 3 is 3.00 bits per heavy atom. The van der Waals surface area contributed by atoms with E-state index in [2.05, 4.69) is 10.3 Å². The normalized spacial score (nSPS) is 16.0. The van der Waals surface area contributed by atoms with Crippen LogP contribution < -0.4 is 20.5 Å². The SMILES string of the molecule is COc1cccc2c1OCC(NC(=O)c1ccc3c(c1)[nH]c(=O)n3C)C2. The van der Waals surface area contributed by atoms with Gasteiger partial charge in [-0.25, -0.2) is 4.79 Å². The average Bonchev–Trinajstić information content (AvgIpc) is 2.94. The number of nitrogens with one attached hydrogen (secondary N) is 2. The van der Waals surface area contributed by atoms with Gasteiger partial charge in [-0.05, 0) is 30.7 Å². The Labute approximate surface area is 149 Å². The predicted molar refractivity (Wildman–Crippen MR) is 97.0 cm³/mol. The Bertz CT molecular complexity index is 1050. The number of fused-ring (bicyclic) bond motifs is 2. The molecule has 1 aliphatic rings. The van der Waals surface area contributed by atoms with Gasteiger partial charge in [-0.15, -0.1) is 0 Å². The first kappa shape index (κ1) is 16.3. The summed E-state index contributed by atoms with van der Waals surface area (Å²) in [4.78, 5) is 27.0. The van der Waals surface area contributed by atoms with Crippen molar-refractivity contribution >= 4 is 16.9 Å². The van der Waals surface area contributed by atoms with E-state index in [1.165, 1.54) is 4.57 Å². The summed E-state index contributed by atoms with van der Waals surface area (Å²) in [6.45, 7) is 0.378. The van der Waals surface area contributed by atoms with E-state index in [4.69, 9.17) is 9.47 Å². The molecule has 134 valence electrons. The summed E-state index contributed by atoms with van der Waals surface area (Å²) in [5, 5.41) is 3.00. The summed E-state index contributed by atoms with van der Waals surface area (Å²) in [5.41, 5.74) is 2.69. The third kappa shape index (κ3) is 2.71. The highest BCUT2D eigenvalue weighted by Gasteiger charge is 2.24. The van der Waals surface area contributed by atoms with Gasteiger partial charge in [-0.3, -0.25) is 9.36 Å². The monoisotopic (exact) mass is 353 g/mol. The minimum atomic E-state index is -0.205. The molecule has 7 nitrogen and oxygen atoms in total. The first-order valence-corrected chi connectivity index (χ1v) is 8.35. The van der Waals surface area contributed by atoms with Gasteiger partial charge in [0.25, 0.3) is 5.91 Å². The highest BCUT2D eigenvalue weighted by Crippen LogP contribution is 2.34. The third-order valence-corrected chi connectivity index (χ3v) is 4.68. The maximum atomic E-state index is 12.6. The molecule has 0 fully saturated rings. The van der Waals surface area contributed by atoms with Crippen LogP contribution in [0.3, 0.4) is 0 Å². The van der Waals surface area contributed by atoms with E-state index in [-0.39, 0.29) is 17.6 Å². The van der Waals surface area contributed by atoms with E-state index >= 15 is 0 Å². The van der Waals surface area contributed by atoms with E-state index in [0.29, 0.717) is 29.9 Å². The number of rotatable bonds is 3. The van der Waals surface area contributed by atoms with Gasteiger partial charge in [-0.1, -0.05) is 12.1 Å². The van der Waals surface area contributed by atoms with Crippen molar-refractivity contribution in [3.05, 3.63) is 58.0 Å². The lowest BCUT2D eigenvalue weighted by molar-refractivity contribution is 0.0914.